The maximum atomic E-state index is 5.80. The lowest BCUT2D eigenvalue weighted by molar-refractivity contribution is -0.00144. The summed E-state index contributed by atoms with van der Waals surface area (Å²) >= 11 is 3.56. The van der Waals surface area contributed by atoms with Crippen molar-refractivity contribution in [1.82, 2.24) is 5.32 Å². The normalized spacial score (nSPS) is 26.5. The van der Waals surface area contributed by atoms with Crippen LogP contribution in [-0.4, -0.2) is 11.2 Å². The number of rotatable bonds is 3. The molecule has 0 amide bonds. The predicted molar refractivity (Wildman–Crippen MR) is 64.7 cm³/mol. The lowest BCUT2D eigenvalue weighted by Gasteiger charge is -2.27. The van der Waals surface area contributed by atoms with Crippen molar-refractivity contribution in [2.24, 2.45) is 0 Å². The van der Waals surface area contributed by atoms with Crippen LogP contribution in [0.25, 0.3) is 0 Å². The average molecular weight is 270 g/mol. The first-order valence-electron chi connectivity index (χ1n) is 5.40. The third-order valence-electron chi connectivity index (χ3n) is 2.58. The molecule has 3 heteroatoms. The molecule has 2 unspecified atom stereocenters. The summed E-state index contributed by atoms with van der Waals surface area (Å²) in [5.74, 6) is 0. The third kappa shape index (κ3) is 3.59. The van der Waals surface area contributed by atoms with Gasteiger partial charge in [-0.3, -0.25) is 5.32 Å². The van der Waals surface area contributed by atoms with Crippen molar-refractivity contribution < 1.29 is 4.74 Å². The summed E-state index contributed by atoms with van der Waals surface area (Å²) in [5, 5.41) is 3.38. The molecule has 1 aromatic rings. The van der Waals surface area contributed by atoms with E-state index in [2.05, 4.69) is 33.4 Å². The van der Waals surface area contributed by atoms with Crippen LogP contribution in [0.5, 0.6) is 0 Å². The van der Waals surface area contributed by atoms with Crippen LogP contribution in [0.2, 0.25) is 0 Å². The van der Waals surface area contributed by atoms with Gasteiger partial charge in [0.25, 0.3) is 0 Å². The molecule has 2 nitrogen and oxygen atoms in total. The number of benzene rings is 1. The molecule has 0 aliphatic carbocycles. The van der Waals surface area contributed by atoms with Crippen molar-refractivity contribution >= 4 is 15.9 Å². The quantitative estimate of drug-likeness (QED) is 0.673. The first kappa shape index (κ1) is 11.1. The summed E-state index contributed by atoms with van der Waals surface area (Å²) < 4.78 is 5.80. The number of alkyl halides is 1. The summed E-state index contributed by atoms with van der Waals surface area (Å²) in [4.78, 5) is 0.409. The molecule has 1 aliphatic rings. The molecule has 0 aromatic heterocycles. The van der Waals surface area contributed by atoms with Gasteiger partial charge in [0.15, 0.2) is 0 Å². The highest BCUT2D eigenvalue weighted by Crippen LogP contribution is 2.18. The Bertz CT molecular complexity index is 291. The molecule has 82 valence electrons. The monoisotopic (exact) mass is 269 g/mol. The fraction of sp³-hybridized carbons (Fsp3) is 0.500. The van der Waals surface area contributed by atoms with Gasteiger partial charge < -0.3 is 4.74 Å². The fourth-order valence-corrected chi connectivity index (χ4v) is 2.37. The van der Waals surface area contributed by atoms with Crippen LogP contribution in [0, 0.1) is 0 Å². The van der Waals surface area contributed by atoms with Gasteiger partial charge in [0.2, 0.25) is 0 Å². The molecule has 1 saturated heterocycles. The number of nitrogens with one attached hydrogen (secondary N) is 1. The Balaban J connectivity index is 1.78. The molecular weight excluding hydrogens is 254 g/mol. The van der Waals surface area contributed by atoms with Gasteiger partial charge in [-0.25, -0.2) is 0 Å². The van der Waals surface area contributed by atoms with Gasteiger partial charge in [-0.2, -0.15) is 0 Å². The summed E-state index contributed by atoms with van der Waals surface area (Å²) in [6, 6.07) is 10.3. The van der Waals surface area contributed by atoms with Crippen LogP contribution >= 0.6 is 15.9 Å². The van der Waals surface area contributed by atoms with E-state index >= 15 is 0 Å². The van der Waals surface area contributed by atoms with E-state index in [1.165, 1.54) is 18.4 Å². The van der Waals surface area contributed by atoms with E-state index in [-0.39, 0.29) is 6.23 Å². The predicted octanol–water partition coefficient (Wildman–Crippen LogP) is 3.02. The zero-order valence-electron chi connectivity index (χ0n) is 8.66. The van der Waals surface area contributed by atoms with E-state index in [1.807, 2.05) is 18.2 Å². The SMILES string of the molecule is BrC1CCCC(OCc2ccccc2)N1. The molecule has 1 aliphatic heterocycles. The van der Waals surface area contributed by atoms with Crippen molar-refractivity contribution in [2.75, 3.05) is 0 Å². The van der Waals surface area contributed by atoms with Gasteiger partial charge in [0, 0.05) is 0 Å². The van der Waals surface area contributed by atoms with E-state index in [9.17, 15) is 0 Å². The molecule has 2 atom stereocenters. The molecule has 1 fully saturated rings. The van der Waals surface area contributed by atoms with E-state index in [0.29, 0.717) is 11.6 Å². The first-order valence-corrected chi connectivity index (χ1v) is 6.32. The maximum absolute atomic E-state index is 5.80. The van der Waals surface area contributed by atoms with Crippen LogP contribution in [0.1, 0.15) is 24.8 Å². The van der Waals surface area contributed by atoms with Crippen LogP contribution in [0.15, 0.2) is 30.3 Å². The van der Waals surface area contributed by atoms with Crippen molar-refractivity contribution in [3.05, 3.63) is 35.9 Å². The molecule has 15 heavy (non-hydrogen) atoms. The lowest BCUT2D eigenvalue weighted by atomic mass is 10.1. The molecule has 2 rings (SSSR count). The summed E-state index contributed by atoms with van der Waals surface area (Å²) in [5.41, 5.74) is 1.23. The van der Waals surface area contributed by atoms with Crippen molar-refractivity contribution in [1.29, 1.82) is 0 Å². The topological polar surface area (TPSA) is 21.3 Å². The van der Waals surface area contributed by atoms with Crippen molar-refractivity contribution in [2.45, 2.75) is 37.0 Å². The molecule has 1 heterocycles. The zero-order chi connectivity index (χ0) is 10.5. The van der Waals surface area contributed by atoms with E-state index in [1.54, 1.807) is 0 Å². The molecule has 1 aromatic carbocycles. The second kappa shape index (κ2) is 5.64. The smallest absolute Gasteiger partial charge is 0.109 e. The Kier molecular flexibility index (Phi) is 4.18. The zero-order valence-corrected chi connectivity index (χ0v) is 10.2. The number of hydrogen-bond donors (Lipinski definition) is 1. The highest BCUT2D eigenvalue weighted by atomic mass is 79.9. The maximum Gasteiger partial charge on any atom is 0.109 e. The molecule has 0 saturated carbocycles. The van der Waals surface area contributed by atoms with Crippen LogP contribution < -0.4 is 5.32 Å². The van der Waals surface area contributed by atoms with Gasteiger partial charge in [0.05, 0.1) is 11.6 Å². The van der Waals surface area contributed by atoms with Crippen LogP contribution in [0.4, 0.5) is 0 Å². The highest BCUT2D eigenvalue weighted by Gasteiger charge is 2.18. The Labute approximate surface area is 99.1 Å². The average Bonchev–Trinajstić information content (AvgIpc) is 2.28. The molecule has 0 spiro atoms. The lowest BCUT2D eigenvalue weighted by Crippen LogP contribution is -2.40. The molecule has 0 radical (unpaired) electrons. The van der Waals surface area contributed by atoms with Gasteiger partial charge in [0.1, 0.15) is 6.23 Å². The third-order valence-corrected chi connectivity index (χ3v) is 3.31. The molecule has 1 N–H and O–H groups in total. The number of piperidine rings is 1. The second-order valence-electron chi connectivity index (χ2n) is 3.85. The van der Waals surface area contributed by atoms with Crippen LogP contribution in [-0.2, 0) is 11.3 Å². The van der Waals surface area contributed by atoms with Gasteiger partial charge >= 0.3 is 0 Å². The molecular formula is C12H16BrNO. The number of hydrogen-bond acceptors (Lipinski definition) is 2. The standard InChI is InChI=1S/C12H16BrNO/c13-11-7-4-8-12(14-11)15-9-10-5-2-1-3-6-10/h1-3,5-6,11-12,14H,4,7-9H2. The largest absolute Gasteiger partial charge is 0.359 e. The minimum atomic E-state index is 0.198. The minimum absolute atomic E-state index is 0.198. The van der Waals surface area contributed by atoms with E-state index in [0.717, 1.165) is 6.42 Å². The van der Waals surface area contributed by atoms with Crippen molar-refractivity contribution in [3.63, 3.8) is 0 Å². The molecule has 0 bridgehead atoms. The summed E-state index contributed by atoms with van der Waals surface area (Å²) in [7, 11) is 0. The summed E-state index contributed by atoms with van der Waals surface area (Å²) in [6.45, 7) is 0.693. The van der Waals surface area contributed by atoms with E-state index < -0.39 is 0 Å². The number of ether oxygens (including phenoxy) is 1. The van der Waals surface area contributed by atoms with Crippen LogP contribution in [0.3, 0.4) is 0 Å². The second-order valence-corrected chi connectivity index (χ2v) is 4.96. The van der Waals surface area contributed by atoms with Gasteiger partial charge in [-0.15, -0.1) is 0 Å². The highest BCUT2D eigenvalue weighted by molar-refractivity contribution is 9.09. The fourth-order valence-electron chi connectivity index (χ4n) is 1.75. The van der Waals surface area contributed by atoms with Gasteiger partial charge in [-0.1, -0.05) is 46.3 Å². The Morgan fingerprint density at radius 3 is 2.80 bits per heavy atom. The Hall–Kier alpha value is -0.380. The Morgan fingerprint density at radius 2 is 2.07 bits per heavy atom. The first-order chi connectivity index (χ1) is 7.34. The van der Waals surface area contributed by atoms with E-state index in [4.69, 9.17) is 4.74 Å². The summed E-state index contributed by atoms with van der Waals surface area (Å²) in [6.07, 6.45) is 3.71. The Morgan fingerprint density at radius 1 is 1.27 bits per heavy atom. The van der Waals surface area contributed by atoms with Crippen molar-refractivity contribution in [3.8, 4) is 0 Å². The minimum Gasteiger partial charge on any atom is -0.359 e. The van der Waals surface area contributed by atoms with Gasteiger partial charge in [-0.05, 0) is 24.8 Å². The number of halogens is 1.